The quantitative estimate of drug-likeness (QED) is 0.308. The summed E-state index contributed by atoms with van der Waals surface area (Å²) in [5.41, 5.74) is -3.47. The molecule has 5 rings (SSSR count). The minimum Gasteiger partial charge on any atom is -0.492 e. The van der Waals surface area contributed by atoms with Gasteiger partial charge in [0.15, 0.2) is 0 Å². The number of ether oxygens (including phenoxy) is 5. The van der Waals surface area contributed by atoms with Gasteiger partial charge in [0.05, 0.1) is 59.8 Å². The number of hydrogen-bond acceptors (Lipinski definition) is 8. The fourth-order valence-electron chi connectivity index (χ4n) is 7.84. The lowest BCUT2D eigenvalue weighted by Gasteiger charge is -2.66. The summed E-state index contributed by atoms with van der Waals surface area (Å²) < 4.78 is 32.9. The van der Waals surface area contributed by atoms with Crippen LogP contribution in [0.5, 0.6) is 0 Å². The zero-order valence-electron chi connectivity index (χ0n) is 25.2. The van der Waals surface area contributed by atoms with Crippen LogP contribution in [0.25, 0.3) is 0 Å². The molecule has 0 radical (unpaired) electrons. The molecule has 3 aliphatic rings. The summed E-state index contributed by atoms with van der Waals surface area (Å²) in [6.45, 7) is 12.9. The Kier molecular flexibility index (Phi) is 8.33. The summed E-state index contributed by atoms with van der Waals surface area (Å²) in [6.07, 6.45) is -2.91. The third kappa shape index (κ3) is 4.97. The number of carbonyl (C=O) groups excluding carboxylic acids is 1. The van der Waals surface area contributed by atoms with E-state index in [9.17, 15) is 15.0 Å². The fourth-order valence-corrected chi connectivity index (χ4v) is 7.84. The first-order valence-electron chi connectivity index (χ1n) is 14.7. The van der Waals surface area contributed by atoms with E-state index in [1.807, 2.05) is 74.5 Å². The van der Waals surface area contributed by atoms with Gasteiger partial charge in [-0.05, 0) is 51.7 Å². The normalized spacial score (nSPS) is 36.6. The number of carbonyl (C=O) groups is 1. The Balaban J connectivity index is 1.72. The van der Waals surface area contributed by atoms with Gasteiger partial charge in [0.2, 0.25) is 0 Å². The molecule has 2 aliphatic carbocycles. The van der Waals surface area contributed by atoms with Crippen LogP contribution in [0.15, 0.2) is 73.0 Å². The maximum Gasteiger partial charge on any atom is 0.302 e. The van der Waals surface area contributed by atoms with E-state index in [4.69, 9.17) is 23.7 Å². The molecule has 2 N–H and O–H groups in total. The van der Waals surface area contributed by atoms with Gasteiger partial charge in [-0.25, -0.2) is 0 Å². The molecule has 42 heavy (non-hydrogen) atoms. The fraction of sp³-hybridized carbons (Fsp3) is 0.559. The Labute approximate surface area is 248 Å². The minimum absolute atomic E-state index is 0.211. The molecule has 0 aromatic heterocycles. The molecule has 1 saturated heterocycles. The molecule has 8 atom stereocenters. The molecule has 2 saturated carbocycles. The van der Waals surface area contributed by atoms with Gasteiger partial charge in [0.1, 0.15) is 18.3 Å². The zero-order valence-corrected chi connectivity index (χ0v) is 25.2. The van der Waals surface area contributed by atoms with Crippen LogP contribution in [0, 0.1) is 11.3 Å². The van der Waals surface area contributed by atoms with Crippen molar-refractivity contribution in [3.8, 4) is 0 Å². The highest BCUT2D eigenvalue weighted by Crippen LogP contribution is 2.69. The van der Waals surface area contributed by atoms with E-state index in [1.165, 1.54) is 6.92 Å². The molecule has 2 bridgehead atoms. The van der Waals surface area contributed by atoms with Crippen LogP contribution in [0.1, 0.15) is 58.6 Å². The van der Waals surface area contributed by atoms with E-state index in [0.29, 0.717) is 5.76 Å². The number of aliphatic hydroxyl groups is 2. The molecule has 0 amide bonds. The maximum atomic E-state index is 12.4. The van der Waals surface area contributed by atoms with E-state index in [1.54, 1.807) is 13.8 Å². The molecule has 1 spiro atoms. The standard InChI is InChI=1S/C34H44O8/c1-22(2)41-29-27-28(38-19-24-13-9-7-10-14-24)30(39-20-25-15-11-8-12-16-25)33(21-40-23(3)35)26(36)17-18-32(6,37)34(29,33)42-31(27,4)5/h7-16,26-30,36-37H,1,17-21H2,2-6H3/t26-,27+,28+,29+,30+,32-,33-,34-/m0/s1. The van der Waals surface area contributed by atoms with Gasteiger partial charge >= 0.3 is 5.97 Å². The summed E-state index contributed by atoms with van der Waals surface area (Å²) in [4.78, 5) is 12.4. The second-order valence-electron chi connectivity index (χ2n) is 12.8. The third-order valence-electron chi connectivity index (χ3n) is 9.50. The van der Waals surface area contributed by atoms with Crippen LogP contribution in [0.3, 0.4) is 0 Å². The monoisotopic (exact) mass is 580 g/mol. The van der Waals surface area contributed by atoms with E-state index in [0.717, 1.165) is 11.1 Å². The van der Waals surface area contributed by atoms with E-state index in [-0.39, 0.29) is 32.7 Å². The number of allylic oxidation sites excluding steroid dienone is 1. The van der Waals surface area contributed by atoms with Crippen molar-refractivity contribution in [2.24, 2.45) is 11.3 Å². The van der Waals surface area contributed by atoms with Crippen LogP contribution in [0.4, 0.5) is 0 Å². The number of esters is 1. The second kappa shape index (κ2) is 11.4. The van der Waals surface area contributed by atoms with Crippen molar-refractivity contribution in [2.45, 2.75) is 102 Å². The van der Waals surface area contributed by atoms with E-state index < -0.39 is 58.5 Å². The lowest BCUT2D eigenvalue weighted by atomic mass is 9.46. The highest BCUT2D eigenvalue weighted by atomic mass is 16.6. The number of rotatable bonds is 10. The molecular formula is C34H44O8. The van der Waals surface area contributed by atoms with Gasteiger partial charge in [0.25, 0.3) is 0 Å². The first-order chi connectivity index (χ1) is 19.9. The summed E-state index contributed by atoms with van der Waals surface area (Å²) in [5, 5.41) is 24.4. The van der Waals surface area contributed by atoms with Gasteiger partial charge in [-0.2, -0.15) is 0 Å². The largest absolute Gasteiger partial charge is 0.492 e. The first-order valence-corrected chi connectivity index (χ1v) is 14.7. The van der Waals surface area contributed by atoms with Gasteiger partial charge in [-0.1, -0.05) is 67.2 Å². The Morgan fingerprint density at radius 2 is 1.52 bits per heavy atom. The Morgan fingerprint density at radius 3 is 2.07 bits per heavy atom. The van der Waals surface area contributed by atoms with Crippen LogP contribution in [-0.4, -0.2) is 64.0 Å². The summed E-state index contributed by atoms with van der Waals surface area (Å²) in [7, 11) is 0. The lowest BCUT2D eigenvalue weighted by molar-refractivity contribution is -0.357. The van der Waals surface area contributed by atoms with Crippen LogP contribution < -0.4 is 0 Å². The molecule has 1 aliphatic heterocycles. The Hall–Kier alpha value is -2.75. The van der Waals surface area contributed by atoms with Crippen molar-refractivity contribution >= 4 is 5.97 Å². The Morgan fingerprint density at radius 1 is 0.952 bits per heavy atom. The van der Waals surface area contributed by atoms with Crippen molar-refractivity contribution in [3.05, 3.63) is 84.1 Å². The van der Waals surface area contributed by atoms with Gasteiger partial charge in [-0.15, -0.1) is 0 Å². The summed E-state index contributed by atoms with van der Waals surface area (Å²) >= 11 is 0. The lowest BCUT2D eigenvalue weighted by Crippen LogP contribution is -2.83. The van der Waals surface area contributed by atoms with Gasteiger partial charge < -0.3 is 33.9 Å². The second-order valence-corrected chi connectivity index (χ2v) is 12.8. The summed E-state index contributed by atoms with van der Waals surface area (Å²) in [6, 6.07) is 19.6. The average Bonchev–Trinajstić information content (AvgIpc) is 3.13. The van der Waals surface area contributed by atoms with Crippen LogP contribution >= 0.6 is 0 Å². The molecule has 3 fully saturated rings. The summed E-state index contributed by atoms with van der Waals surface area (Å²) in [5.74, 6) is -0.522. The van der Waals surface area contributed by atoms with E-state index >= 15 is 0 Å². The number of hydrogen-bond donors (Lipinski definition) is 2. The van der Waals surface area contributed by atoms with Crippen molar-refractivity contribution < 1.29 is 38.7 Å². The number of benzene rings is 2. The highest BCUT2D eigenvalue weighted by molar-refractivity contribution is 5.66. The third-order valence-corrected chi connectivity index (χ3v) is 9.50. The number of aliphatic hydroxyl groups excluding tert-OH is 1. The molecule has 8 heteroatoms. The predicted octanol–water partition coefficient (Wildman–Crippen LogP) is 4.71. The van der Waals surface area contributed by atoms with Gasteiger partial charge in [-0.3, -0.25) is 4.79 Å². The van der Waals surface area contributed by atoms with Crippen molar-refractivity contribution in [1.82, 2.24) is 0 Å². The van der Waals surface area contributed by atoms with Crippen molar-refractivity contribution in [2.75, 3.05) is 6.61 Å². The predicted molar refractivity (Wildman–Crippen MR) is 156 cm³/mol. The molecule has 228 valence electrons. The van der Waals surface area contributed by atoms with Crippen LogP contribution in [0.2, 0.25) is 0 Å². The topological polar surface area (TPSA) is 104 Å². The molecule has 1 heterocycles. The Bertz CT molecular complexity index is 1260. The average molecular weight is 581 g/mol. The van der Waals surface area contributed by atoms with Crippen LogP contribution in [-0.2, 0) is 41.7 Å². The van der Waals surface area contributed by atoms with Crippen molar-refractivity contribution in [3.63, 3.8) is 0 Å². The number of fused-ring (bicyclic) bond motifs is 1. The minimum atomic E-state index is -1.53. The molecule has 2 aromatic rings. The van der Waals surface area contributed by atoms with Crippen molar-refractivity contribution in [1.29, 1.82) is 0 Å². The SMILES string of the molecule is C=C(C)O[C@@H]1[C@H]2[C@@H](OCc3ccccc3)[C@@H](OCc3ccccc3)[C@]3(COC(C)=O)[C@@H](O)CC[C@](C)(O)[C@@]13OC2(C)C. The van der Waals surface area contributed by atoms with E-state index in [2.05, 4.69) is 6.58 Å². The first kappa shape index (κ1) is 30.7. The smallest absolute Gasteiger partial charge is 0.302 e. The highest BCUT2D eigenvalue weighted by Gasteiger charge is 2.85. The zero-order chi connectivity index (χ0) is 30.3. The maximum absolute atomic E-state index is 12.4. The van der Waals surface area contributed by atoms with Gasteiger partial charge in [0, 0.05) is 6.92 Å². The molecule has 8 nitrogen and oxygen atoms in total. The molecule has 0 unspecified atom stereocenters. The molecule has 2 aromatic carbocycles. The molecular weight excluding hydrogens is 536 g/mol.